The summed E-state index contributed by atoms with van der Waals surface area (Å²) in [5, 5.41) is 12.1. The highest BCUT2D eigenvalue weighted by molar-refractivity contribution is 7.09. The van der Waals surface area contributed by atoms with Crippen LogP contribution in [0.15, 0.2) is 17.5 Å². The molecular weight excluding hydrogens is 350 g/mol. The number of carboxylic acid groups (broad SMARTS) is 1. The molecule has 1 aromatic heterocycles. The molecule has 6 heteroatoms. The lowest BCUT2D eigenvalue weighted by molar-refractivity contribution is -0.139. The van der Waals surface area contributed by atoms with Crippen LogP contribution < -0.4 is 4.74 Å². The Morgan fingerprint density at radius 2 is 2.12 bits per heavy atom. The summed E-state index contributed by atoms with van der Waals surface area (Å²) in [6.07, 6.45) is 4.40. The lowest BCUT2D eigenvalue weighted by atomic mass is 9.95. The monoisotopic (exact) mass is 375 g/mol. The predicted octanol–water partition coefficient (Wildman–Crippen LogP) is 4.25. The molecule has 3 rings (SSSR count). The number of carboxylic acids is 1. The standard InChI is InChI=1S/C20H25NO4S/c1-13-3-5-16(20(14(13)2)25-11-19(22)23)17-12-26-18(21-17)6-4-15-7-9-24-10-8-15/h3,5,12,15H,4,6-11H2,1-2H3,(H,22,23). The van der Waals surface area contributed by atoms with Gasteiger partial charge in [-0.1, -0.05) is 6.07 Å². The maximum Gasteiger partial charge on any atom is 0.341 e. The van der Waals surface area contributed by atoms with Crippen LogP contribution in [-0.4, -0.2) is 35.9 Å². The minimum atomic E-state index is -0.979. The van der Waals surface area contributed by atoms with E-state index in [-0.39, 0.29) is 6.61 Å². The molecule has 0 unspecified atom stereocenters. The van der Waals surface area contributed by atoms with Crippen LogP contribution in [0.5, 0.6) is 5.75 Å². The van der Waals surface area contributed by atoms with Gasteiger partial charge in [-0.2, -0.15) is 0 Å². The summed E-state index contributed by atoms with van der Waals surface area (Å²) in [4.78, 5) is 15.7. The molecule has 2 heterocycles. The Labute approximate surface area is 158 Å². The first-order valence-electron chi connectivity index (χ1n) is 9.02. The van der Waals surface area contributed by atoms with E-state index in [1.807, 2.05) is 31.4 Å². The highest BCUT2D eigenvalue weighted by Crippen LogP contribution is 2.35. The van der Waals surface area contributed by atoms with Gasteiger partial charge in [0.2, 0.25) is 0 Å². The van der Waals surface area contributed by atoms with Gasteiger partial charge in [0, 0.05) is 24.2 Å². The van der Waals surface area contributed by atoms with E-state index in [0.29, 0.717) is 5.75 Å². The fraction of sp³-hybridized carbons (Fsp3) is 0.500. The number of thiazole rings is 1. The Hall–Kier alpha value is -1.92. The molecule has 0 bridgehead atoms. The summed E-state index contributed by atoms with van der Waals surface area (Å²) in [5.41, 5.74) is 3.76. The summed E-state index contributed by atoms with van der Waals surface area (Å²) in [7, 11) is 0. The summed E-state index contributed by atoms with van der Waals surface area (Å²) in [6.45, 7) is 5.35. The Morgan fingerprint density at radius 1 is 1.35 bits per heavy atom. The van der Waals surface area contributed by atoms with Gasteiger partial charge in [-0.05, 0) is 62.6 Å². The third-order valence-electron chi connectivity index (χ3n) is 4.95. The number of aliphatic carboxylic acids is 1. The maximum absolute atomic E-state index is 10.9. The number of aryl methyl sites for hydroxylation is 2. The van der Waals surface area contributed by atoms with Crippen molar-refractivity contribution in [3.05, 3.63) is 33.6 Å². The topological polar surface area (TPSA) is 68.7 Å². The zero-order chi connectivity index (χ0) is 18.5. The predicted molar refractivity (Wildman–Crippen MR) is 102 cm³/mol. The van der Waals surface area contributed by atoms with Gasteiger partial charge >= 0.3 is 5.97 Å². The van der Waals surface area contributed by atoms with Crippen LogP contribution in [0, 0.1) is 19.8 Å². The first kappa shape index (κ1) is 18.9. The lowest BCUT2D eigenvalue weighted by Gasteiger charge is -2.21. The van der Waals surface area contributed by atoms with Crippen LogP contribution in [0.4, 0.5) is 0 Å². The summed E-state index contributed by atoms with van der Waals surface area (Å²) >= 11 is 1.66. The molecule has 1 aromatic carbocycles. The molecule has 0 radical (unpaired) electrons. The highest BCUT2D eigenvalue weighted by Gasteiger charge is 2.17. The van der Waals surface area contributed by atoms with Crippen LogP contribution in [0.25, 0.3) is 11.3 Å². The van der Waals surface area contributed by atoms with E-state index in [9.17, 15) is 4.79 Å². The number of aromatic nitrogens is 1. The minimum Gasteiger partial charge on any atom is -0.481 e. The van der Waals surface area contributed by atoms with Gasteiger partial charge < -0.3 is 14.6 Å². The van der Waals surface area contributed by atoms with Crippen LogP contribution in [0.3, 0.4) is 0 Å². The Bertz CT molecular complexity index is 765. The summed E-state index contributed by atoms with van der Waals surface area (Å²) in [6, 6.07) is 4.00. The SMILES string of the molecule is Cc1ccc(-c2csc(CCC3CCOCC3)n2)c(OCC(=O)O)c1C. The zero-order valence-corrected chi connectivity index (χ0v) is 16.1. The molecule has 1 saturated heterocycles. The third-order valence-corrected chi connectivity index (χ3v) is 5.86. The van der Waals surface area contributed by atoms with Crippen molar-refractivity contribution < 1.29 is 19.4 Å². The fourth-order valence-corrected chi connectivity index (χ4v) is 4.04. The number of ether oxygens (including phenoxy) is 2. The van der Waals surface area contributed by atoms with Crippen molar-refractivity contribution in [1.29, 1.82) is 0 Å². The summed E-state index contributed by atoms with van der Waals surface area (Å²) in [5.74, 6) is 0.369. The molecule has 5 nitrogen and oxygen atoms in total. The van der Waals surface area contributed by atoms with Crippen molar-refractivity contribution >= 4 is 17.3 Å². The normalized spacial score (nSPS) is 15.2. The molecule has 26 heavy (non-hydrogen) atoms. The number of hydrogen-bond donors (Lipinski definition) is 1. The van der Waals surface area contributed by atoms with Crippen LogP contribution in [0.1, 0.15) is 35.4 Å². The van der Waals surface area contributed by atoms with Crippen molar-refractivity contribution in [3.8, 4) is 17.0 Å². The molecule has 1 aliphatic heterocycles. The van der Waals surface area contributed by atoms with E-state index < -0.39 is 5.97 Å². The second kappa shape index (κ2) is 8.64. The Morgan fingerprint density at radius 3 is 2.85 bits per heavy atom. The number of benzene rings is 1. The highest BCUT2D eigenvalue weighted by atomic mass is 32.1. The fourth-order valence-electron chi connectivity index (χ4n) is 3.22. The first-order valence-corrected chi connectivity index (χ1v) is 9.90. The van der Waals surface area contributed by atoms with Crippen molar-refractivity contribution in [2.24, 2.45) is 5.92 Å². The smallest absolute Gasteiger partial charge is 0.341 e. The van der Waals surface area contributed by atoms with Gasteiger partial charge in [-0.3, -0.25) is 0 Å². The molecule has 1 N–H and O–H groups in total. The molecular formula is C20H25NO4S. The molecule has 140 valence electrons. The molecule has 0 spiro atoms. The van der Waals surface area contributed by atoms with Crippen molar-refractivity contribution in [2.45, 2.75) is 39.5 Å². The first-order chi connectivity index (χ1) is 12.5. The van der Waals surface area contributed by atoms with E-state index in [2.05, 4.69) is 0 Å². The second-order valence-corrected chi connectivity index (χ2v) is 7.73. The Balaban J connectivity index is 1.75. The van der Waals surface area contributed by atoms with Gasteiger partial charge in [-0.25, -0.2) is 9.78 Å². The van der Waals surface area contributed by atoms with Crippen molar-refractivity contribution in [2.75, 3.05) is 19.8 Å². The largest absolute Gasteiger partial charge is 0.481 e. The molecule has 0 aliphatic carbocycles. The van der Waals surface area contributed by atoms with Gasteiger partial charge in [-0.15, -0.1) is 11.3 Å². The molecule has 0 atom stereocenters. The van der Waals surface area contributed by atoms with Crippen LogP contribution in [-0.2, 0) is 16.0 Å². The van der Waals surface area contributed by atoms with Gasteiger partial charge in [0.05, 0.1) is 10.7 Å². The zero-order valence-electron chi connectivity index (χ0n) is 15.3. The van der Waals surface area contributed by atoms with E-state index in [1.165, 1.54) is 0 Å². The van der Waals surface area contributed by atoms with E-state index in [1.54, 1.807) is 11.3 Å². The average molecular weight is 375 g/mol. The molecule has 0 saturated carbocycles. The van der Waals surface area contributed by atoms with Crippen LogP contribution in [0.2, 0.25) is 0 Å². The molecule has 2 aromatic rings. The maximum atomic E-state index is 10.9. The molecule has 0 amide bonds. The Kier molecular flexibility index (Phi) is 6.27. The van der Waals surface area contributed by atoms with Crippen molar-refractivity contribution in [1.82, 2.24) is 4.98 Å². The molecule has 1 fully saturated rings. The van der Waals surface area contributed by atoms with Gasteiger partial charge in [0.15, 0.2) is 6.61 Å². The van der Waals surface area contributed by atoms with Gasteiger partial charge in [0.25, 0.3) is 0 Å². The van der Waals surface area contributed by atoms with E-state index >= 15 is 0 Å². The quantitative estimate of drug-likeness (QED) is 0.783. The average Bonchev–Trinajstić information content (AvgIpc) is 3.10. The second-order valence-electron chi connectivity index (χ2n) is 6.79. The van der Waals surface area contributed by atoms with Crippen molar-refractivity contribution in [3.63, 3.8) is 0 Å². The number of nitrogens with zero attached hydrogens (tertiary/aromatic N) is 1. The number of carbonyl (C=O) groups is 1. The third kappa shape index (κ3) is 4.62. The lowest BCUT2D eigenvalue weighted by Crippen LogP contribution is -2.16. The number of rotatable bonds is 7. The molecule has 1 aliphatic rings. The van der Waals surface area contributed by atoms with Gasteiger partial charge in [0.1, 0.15) is 5.75 Å². The van der Waals surface area contributed by atoms with E-state index in [0.717, 1.165) is 72.2 Å². The summed E-state index contributed by atoms with van der Waals surface area (Å²) < 4.78 is 11.0. The van der Waals surface area contributed by atoms with Crippen LogP contribution >= 0.6 is 11.3 Å². The minimum absolute atomic E-state index is 0.349. The van der Waals surface area contributed by atoms with E-state index in [4.69, 9.17) is 19.6 Å². The number of hydrogen-bond acceptors (Lipinski definition) is 5.